The SMILES string of the molecule is Nc1onc(-c2cccc(I)c2)c1-c1ccc(Cl)cc1. The van der Waals surface area contributed by atoms with Gasteiger partial charge in [0.15, 0.2) is 0 Å². The van der Waals surface area contributed by atoms with E-state index in [4.69, 9.17) is 21.9 Å². The standard InChI is InChI=1S/C15H10ClIN2O/c16-11-6-4-9(5-7-11)13-14(19-20-15(13)18)10-2-1-3-12(17)8-10/h1-8H,18H2. The molecule has 0 saturated heterocycles. The van der Waals surface area contributed by atoms with Crippen LogP contribution in [0.25, 0.3) is 22.4 Å². The first kappa shape index (κ1) is 13.5. The lowest BCUT2D eigenvalue weighted by Gasteiger charge is -2.03. The molecule has 3 aromatic rings. The van der Waals surface area contributed by atoms with Gasteiger partial charge in [-0.3, -0.25) is 0 Å². The third-order valence-corrected chi connectivity index (χ3v) is 3.87. The fraction of sp³-hybridized carbons (Fsp3) is 0. The first-order valence-corrected chi connectivity index (χ1v) is 7.38. The molecule has 0 spiro atoms. The Morgan fingerprint density at radius 2 is 1.80 bits per heavy atom. The minimum absolute atomic E-state index is 0.307. The van der Waals surface area contributed by atoms with Gasteiger partial charge in [0.1, 0.15) is 5.69 Å². The first-order valence-electron chi connectivity index (χ1n) is 5.92. The Morgan fingerprint density at radius 1 is 1.05 bits per heavy atom. The van der Waals surface area contributed by atoms with Crippen molar-refractivity contribution in [3.63, 3.8) is 0 Å². The third-order valence-electron chi connectivity index (χ3n) is 2.95. The third kappa shape index (κ3) is 2.53. The zero-order valence-corrected chi connectivity index (χ0v) is 13.2. The predicted octanol–water partition coefficient (Wildman–Crippen LogP) is 4.85. The van der Waals surface area contributed by atoms with E-state index >= 15 is 0 Å². The summed E-state index contributed by atoms with van der Waals surface area (Å²) in [4.78, 5) is 0. The van der Waals surface area contributed by atoms with Gasteiger partial charge in [-0.1, -0.05) is 41.0 Å². The average Bonchev–Trinajstić information content (AvgIpc) is 2.82. The molecule has 1 aromatic heterocycles. The van der Waals surface area contributed by atoms with Gasteiger partial charge >= 0.3 is 0 Å². The molecule has 2 N–H and O–H groups in total. The molecule has 3 nitrogen and oxygen atoms in total. The molecule has 20 heavy (non-hydrogen) atoms. The number of hydrogen-bond donors (Lipinski definition) is 1. The van der Waals surface area contributed by atoms with Crippen LogP contribution in [0.5, 0.6) is 0 Å². The molecule has 0 aliphatic carbocycles. The second-order valence-corrected chi connectivity index (χ2v) is 5.97. The van der Waals surface area contributed by atoms with Crippen LogP contribution in [0.1, 0.15) is 0 Å². The van der Waals surface area contributed by atoms with E-state index in [1.165, 1.54) is 0 Å². The van der Waals surface area contributed by atoms with Gasteiger partial charge < -0.3 is 10.3 Å². The van der Waals surface area contributed by atoms with E-state index < -0.39 is 0 Å². The quantitative estimate of drug-likeness (QED) is 0.630. The van der Waals surface area contributed by atoms with Crippen molar-refractivity contribution in [3.8, 4) is 22.4 Å². The normalized spacial score (nSPS) is 10.7. The summed E-state index contributed by atoms with van der Waals surface area (Å²) < 4.78 is 6.30. The maximum atomic E-state index is 5.92. The number of anilines is 1. The van der Waals surface area contributed by atoms with E-state index in [0.717, 1.165) is 26.0 Å². The molecule has 0 unspecified atom stereocenters. The summed E-state index contributed by atoms with van der Waals surface area (Å²) in [5.41, 5.74) is 9.36. The number of nitrogens with two attached hydrogens (primary N) is 1. The maximum absolute atomic E-state index is 5.92. The molecule has 1 heterocycles. The van der Waals surface area contributed by atoms with Crippen molar-refractivity contribution in [3.05, 3.63) is 57.1 Å². The first-order chi connectivity index (χ1) is 9.65. The molecule has 2 aromatic carbocycles. The molecule has 0 radical (unpaired) electrons. The second-order valence-electron chi connectivity index (χ2n) is 4.29. The topological polar surface area (TPSA) is 52.0 Å². The number of nitrogens with zero attached hydrogens (tertiary/aromatic N) is 1. The van der Waals surface area contributed by atoms with Gasteiger partial charge in [-0.2, -0.15) is 0 Å². The molecular formula is C15H10ClIN2O. The van der Waals surface area contributed by atoms with Gasteiger partial charge in [0.2, 0.25) is 5.88 Å². The Labute approximate surface area is 134 Å². The smallest absolute Gasteiger partial charge is 0.230 e. The van der Waals surface area contributed by atoms with E-state index in [2.05, 4.69) is 27.7 Å². The van der Waals surface area contributed by atoms with E-state index in [0.29, 0.717) is 10.9 Å². The number of benzene rings is 2. The van der Waals surface area contributed by atoms with Gasteiger partial charge in [-0.25, -0.2) is 0 Å². The van der Waals surface area contributed by atoms with Gasteiger partial charge in [0, 0.05) is 14.2 Å². The zero-order chi connectivity index (χ0) is 14.1. The molecule has 5 heteroatoms. The van der Waals surface area contributed by atoms with E-state index in [1.54, 1.807) is 0 Å². The molecule has 0 bridgehead atoms. The molecule has 0 amide bonds. The Hall–Kier alpha value is -1.53. The van der Waals surface area contributed by atoms with Gasteiger partial charge in [-0.05, 0) is 52.4 Å². The Morgan fingerprint density at radius 3 is 2.50 bits per heavy atom. The van der Waals surface area contributed by atoms with Crippen molar-refractivity contribution in [2.75, 3.05) is 5.73 Å². The molecule has 0 aliphatic heterocycles. The van der Waals surface area contributed by atoms with Crippen molar-refractivity contribution in [1.29, 1.82) is 0 Å². The van der Waals surface area contributed by atoms with Crippen LogP contribution in [0.15, 0.2) is 53.1 Å². The molecule has 0 fully saturated rings. The van der Waals surface area contributed by atoms with Crippen molar-refractivity contribution in [1.82, 2.24) is 5.16 Å². The molecular weight excluding hydrogens is 387 g/mol. The molecule has 0 saturated carbocycles. The van der Waals surface area contributed by atoms with Gasteiger partial charge in [0.25, 0.3) is 0 Å². The highest BCUT2D eigenvalue weighted by Crippen LogP contribution is 2.36. The summed E-state index contributed by atoms with van der Waals surface area (Å²) in [6.07, 6.45) is 0. The minimum Gasteiger partial charge on any atom is -0.367 e. The number of nitrogen functional groups attached to an aromatic ring is 1. The lowest BCUT2D eigenvalue weighted by Crippen LogP contribution is -1.88. The average molecular weight is 397 g/mol. The second kappa shape index (κ2) is 5.46. The summed E-state index contributed by atoms with van der Waals surface area (Å²) in [6, 6.07) is 15.5. The summed E-state index contributed by atoms with van der Waals surface area (Å²) in [5.74, 6) is 0.307. The minimum atomic E-state index is 0.307. The van der Waals surface area contributed by atoms with Gasteiger partial charge in [-0.15, -0.1) is 0 Å². The fourth-order valence-electron chi connectivity index (χ4n) is 2.03. The highest BCUT2D eigenvalue weighted by atomic mass is 127. The van der Waals surface area contributed by atoms with Crippen molar-refractivity contribution >= 4 is 40.1 Å². The van der Waals surface area contributed by atoms with E-state index in [9.17, 15) is 0 Å². The van der Waals surface area contributed by atoms with Crippen molar-refractivity contribution in [2.24, 2.45) is 0 Å². The van der Waals surface area contributed by atoms with Crippen LogP contribution in [-0.4, -0.2) is 5.16 Å². The fourth-order valence-corrected chi connectivity index (χ4v) is 2.70. The summed E-state index contributed by atoms with van der Waals surface area (Å²) >= 11 is 8.18. The number of halogens is 2. The predicted molar refractivity (Wildman–Crippen MR) is 89.5 cm³/mol. The highest BCUT2D eigenvalue weighted by Gasteiger charge is 2.17. The van der Waals surface area contributed by atoms with Crippen LogP contribution in [0, 0.1) is 3.57 Å². The Bertz CT molecular complexity index is 753. The Balaban J connectivity index is 2.17. The number of aromatic nitrogens is 1. The molecule has 3 rings (SSSR count). The maximum Gasteiger partial charge on any atom is 0.230 e. The summed E-state index contributed by atoms with van der Waals surface area (Å²) in [7, 11) is 0. The number of rotatable bonds is 2. The largest absolute Gasteiger partial charge is 0.367 e. The van der Waals surface area contributed by atoms with Crippen LogP contribution in [0.2, 0.25) is 5.02 Å². The monoisotopic (exact) mass is 396 g/mol. The van der Waals surface area contributed by atoms with Crippen LogP contribution in [0.4, 0.5) is 5.88 Å². The molecule has 0 atom stereocenters. The number of hydrogen-bond acceptors (Lipinski definition) is 3. The van der Waals surface area contributed by atoms with Crippen molar-refractivity contribution in [2.45, 2.75) is 0 Å². The highest BCUT2D eigenvalue weighted by molar-refractivity contribution is 14.1. The molecule has 0 aliphatic rings. The lowest BCUT2D eigenvalue weighted by molar-refractivity contribution is 0.439. The van der Waals surface area contributed by atoms with Crippen molar-refractivity contribution < 1.29 is 4.52 Å². The van der Waals surface area contributed by atoms with Crippen LogP contribution in [0.3, 0.4) is 0 Å². The lowest BCUT2D eigenvalue weighted by atomic mass is 10.0. The van der Waals surface area contributed by atoms with Crippen LogP contribution in [-0.2, 0) is 0 Å². The molecule has 100 valence electrons. The summed E-state index contributed by atoms with van der Waals surface area (Å²) in [5, 5.41) is 4.77. The van der Waals surface area contributed by atoms with Gasteiger partial charge in [0.05, 0.1) is 5.56 Å². The van der Waals surface area contributed by atoms with E-state index in [1.807, 2.05) is 48.5 Å². The Kier molecular flexibility index (Phi) is 3.67. The van der Waals surface area contributed by atoms with E-state index in [-0.39, 0.29) is 0 Å². The summed E-state index contributed by atoms with van der Waals surface area (Å²) in [6.45, 7) is 0. The van der Waals surface area contributed by atoms with Crippen LogP contribution < -0.4 is 5.73 Å². The zero-order valence-electron chi connectivity index (χ0n) is 10.3. The van der Waals surface area contributed by atoms with Crippen LogP contribution >= 0.6 is 34.2 Å².